The molecule has 2 aromatic heterocycles. The van der Waals surface area contributed by atoms with E-state index >= 15 is 0 Å². The number of hydrogen-bond acceptors (Lipinski definition) is 12. The molecule has 22 heteroatoms. The summed E-state index contributed by atoms with van der Waals surface area (Å²) < 4.78 is 0. The lowest BCUT2D eigenvalue weighted by Gasteiger charge is -2.23. The number of rotatable bonds is 26. The predicted octanol–water partition coefficient (Wildman–Crippen LogP) is 1.40. The van der Waals surface area contributed by atoms with E-state index in [-0.39, 0.29) is 61.9 Å². The van der Waals surface area contributed by atoms with Crippen LogP contribution in [-0.4, -0.2) is 117 Å². The van der Waals surface area contributed by atoms with Gasteiger partial charge in [-0.25, -0.2) is 0 Å². The monoisotopic (exact) mass is 1070 g/mol. The average Bonchev–Trinajstić information content (AvgIpc) is 4.04. The molecule has 22 nitrogen and oxygen atoms in total. The lowest BCUT2D eigenvalue weighted by molar-refractivity contribution is -0.134. The fraction of sp³-hybridized carbons (Fsp3) is 0.357. The van der Waals surface area contributed by atoms with Crippen molar-refractivity contribution >= 4 is 69.1 Å². The summed E-state index contributed by atoms with van der Waals surface area (Å²) >= 11 is 0. The van der Waals surface area contributed by atoms with Crippen molar-refractivity contribution in [2.24, 2.45) is 23.3 Å². The summed E-state index contributed by atoms with van der Waals surface area (Å²) in [4.78, 5) is 115. The van der Waals surface area contributed by atoms with E-state index < -0.39 is 96.6 Å². The number of carbonyl (C=O) groups is 8. The Kier molecular flexibility index (Phi) is 20.9. The number of H-pyrrole nitrogens is 2. The number of fused-ring (bicyclic) bond motifs is 2. The van der Waals surface area contributed by atoms with Crippen LogP contribution in [0, 0.1) is 11.8 Å². The molecule has 16 N–H and O–H groups in total. The number of nitrogens with two attached hydrogens (primary N) is 2. The smallest absolute Gasteiger partial charge is 0.261 e. The van der Waals surface area contributed by atoms with Gasteiger partial charge in [-0.05, 0) is 96.2 Å². The van der Waals surface area contributed by atoms with Crippen LogP contribution in [0.2, 0.25) is 0 Å². The molecule has 0 radical (unpaired) electrons. The Morgan fingerprint density at radius 1 is 0.449 bits per heavy atom. The first-order valence-corrected chi connectivity index (χ1v) is 25.7. The summed E-state index contributed by atoms with van der Waals surface area (Å²) in [6.07, 6.45) is 3.91. The molecule has 0 fully saturated rings. The second kappa shape index (κ2) is 27.9. The first-order valence-electron chi connectivity index (χ1n) is 25.7. The molecule has 6 aromatic rings. The highest BCUT2D eigenvalue weighted by atomic mass is 16.3. The van der Waals surface area contributed by atoms with E-state index in [1.165, 1.54) is 24.3 Å². The number of phenols is 2. The number of hydrazine groups is 1. The highest BCUT2D eigenvalue weighted by Gasteiger charge is 2.30. The molecule has 414 valence electrons. The number of para-hydroxylation sites is 2. The molecule has 4 aromatic carbocycles. The zero-order chi connectivity index (χ0) is 56.5. The molecule has 0 unspecified atom stereocenters. The predicted molar refractivity (Wildman–Crippen MR) is 293 cm³/mol. The van der Waals surface area contributed by atoms with Gasteiger partial charge in [0, 0.05) is 47.0 Å². The van der Waals surface area contributed by atoms with Gasteiger partial charge in [0.2, 0.25) is 35.4 Å². The minimum Gasteiger partial charge on any atom is -0.508 e. The summed E-state index contributed by atoms with van der Waals surface area (Å²) in [5, 5.41) is 36.5. The first-order chi connectivity index (χ1) is 37.2. The molecular weight excluding hydrogens is 1000 g/mol. The van der Waals surface area contributed by atoms with E-state index in [1.54, 1.807) is 36.7 Å². The zero-order valence-corrected chi connectivity index (χ0v) is 44.0. The Labute approximate surface area is 451 Å². The third-order valence-corrected chi connectivity index (χ3v) is 12.8. The highest BCUT2D eigenvalue weighted by Crippen LogP contribution is 2.21. The van der Waals surface area contributed by atoms with Gasteiger partial charge in [-0.2, -0.15) is 0 Å². The highest BCUT2D eigenvalue weighted by molar-refractivity contribution is 5.97. The van der Waals surface area contributed by atoms with Crippen LogP contribution in [0.3, 0.4) is 0 Å². The Balaban J connectivity index is 1.11. The van der Waals surface area contributed by atoms with Gasteiger partial charge in [0.15, 0.2) is 0 Å². The van der Waals surface area contributed by atoms with Crippen molar-refractivity contribution < 1.29 is 48.6 Å². The van der Waals surface area contributed by atoms with Crippen molar-refractivity contribution in [2.75, 3.05) is 13.1 Å². The average molecular weight is 1070 g/mol. The van der Waals surface area contributed by atoms with Gasteiger partial charge in [-0.3, -0.25) is 49.2 Å². The lowest BCUT2D eigenvalue weighted by atomic mass is 10.0. The van der Waals surface area contributed by atoms with Crippen LogP contribution in [0.25, 0.3) is 21.8 Å². The van der Waals surface area contributed by atoms with Gasteiger partial charge in [0.25, 0.3) is 11.8 Å². The third kappa shape index (κ3) is 17.4. The molecule has 0 bridgehead atoms. The maximum atomic E-state index is 14.1. The summed E-state index contributed by atoms with van der Waals surface area (Å²) in [7, 11) is 0. The molecule has 78 heavy (non-hydrogen) atoms. The number of nitrogens with one attached hydrogen (secondary N) is 10. The normalized spacial score (nSPS) is 13.6. The Bertz CT molecular complexity index is 2840. The van der Waals surface area contributed by atoms with E-state index in [0.29, 0.717) is 22.3 Å². The number of phenolic OH excluding ortho intramolecular Hbond substituents is 2. The fourth-order valence-electron chi connectivity index (χ4n) is 8.75. The topological polar surface area (TPSA) is 357 Å². The van der Waals surface area contributed by atoms with Crippen LogP contribution < -0.4 is 54.2 Å². The number of carbonyl (C=O) groups excluding carboxylic acids is 8. The fourth-order valence-corrected chi connectivity index (χ4v) is 8.75. The summed E-state index contributed by atoms with van der Waals surface area (Å²) in [6, 6.07) is 20.2. The second-order valence-electron chi connectivity index (χ2n) is 20.1. The maximum absolute atomic E-state index is 14.1. The molecule has 0 aliphatic rings. The summed E-state index contributed by atoms with van der Waals surface area (Å²) in [5.41, 5.74) is 21.4. The van der Waals surface area contributed by atoms with Crippen molar-refractivity contribution in [2.45, 2.75) is 102 Å². The van der Waals surface area contributed by atoms with Crippen LogP contribution in [0.4, 0.5) is 0 Å². The van der Waals surface area contributed by atoms with E-state index in [2.05, 4.69) is 52.7 Å². The molecule has 6 rings (SSSR count). The van der Waals surface area contributed by atoms with Crippen molar-refractivity contribution in [1.82, 2.24) is 52.7 Å². The van der Waals surface area contributed by atoms with Gasteiger partial charge in [0.05, 0.1) is 25.2 Å². The molecule has 8 amide bonds. The zero-order valence-electron chi connectivity index (χ0n) is 44.0. The molecular formula is C56H70N12O10. The van der Waals surface area contributed by atoms with Gasteiger partial charge in [-0.15, -0.1) is 0 Å². The van der Waals surface area contributed by atoms with Crippen LogP contribution in [0.1, 0.15) is 62.8 Å². The van der Waals surface area contributed by atoms with Crippen LogP contribution in [0.5, 0.6) is 11.5 Å². The molecule has 0 aliphatic carbocycles. The molecule has 0 aliphatic heterocycles. The Morgan fingerprint density at radius 2 is 0.808 bits per heavy atom. The van der Waals surface area contributed by atoms with Crippen molar-refractivity contribution in [3.8, 4) is 11.5 Å². The van der Waals surface area contributed by atoms with E-state index in [0.717, 1.165) is 21.8 Å². The van der Waals surface area contributed by atoms with Crippen molar-refractivity contribution in [1.29, 1.82) is 0 Å². The van der Waals surface area contributed by atoms with Crippen molar-refractivity contribution in [3.63, 3.8) is 0 Å². The van der Waals surface area contributed by atoms with E-state index in [1.807, 2.05) is 76.2 Å². The van der Waals surface area contributed by atoms with Crippen molar-refractivity contribution in [3.05, 3.63) is 132 Å². The third-order valence-electron chi connectivity index (χ3n) is 12.8. The largest absolute Gasteiger partial charge is 0.508 e. The van der Waals surface area contributed by atoms with Crippen LogP contribution in [0.15, 0.2) is 109 Å². The summed E-state index contributed by atoms with van der Waals surface area (Å²) in [5.74, 6) is -5.77. The lowest BCUT2D eigenvalue weighted by Crippen LogP contribution is -2.59. The van der Waals surface area contributed by atoms with Gasteiger partial charge in [0.1, 0.15) is 35.7 Å². The molecule has 6 atom stereocenters. The number of aromatic hydroxyl groups is 2. The van der Waals surface area contributed by atoms with E-state index in [4.69, 9.17) is 11.5 Å². The van der Waals surface area contributed by atoms with E-state index in [9.17, 15) is 48.6 Å². The Hall–Kier alpha value is -8.76. The number of benzene rings is 4. The van der Waals surface area contributed by atoms with Crippen LogP contribution in [-0.2, 0) is 64.0 Å². The first kappa shape index (κ1) is 58.5. The second-order valence-corrected chi connectivity index (χ2v) is 20.1. The SMILES string of the molecule is CC(C)C[C@@H](NC(=O)[C@@H](N)Cc1ccc(O)cc1)C(=O)NCC(=O)N[C@@H](Cc1c[nH]c2ccccc12)C(=O)NNC(=O)[C@H](Cc1c[nH]c2ccccc12)NC(=O)CNC(=O)[C@@H](CC(C)C)NC(=O)[C@@H](N)Cc1ccc(O)cc1. The molecule has 0 saturated carbocycles. The van der Waals surface area contributed by atoms with Gasteiger partial charge >= 0.3 is 0 Å². The minimum atomic E-state index is -1.34. The molecule has 2 heterocycles. The number of hydrogen-bond donors (Lipinski definition) is 14. The molecule has 0 spiro atoms. The van der Waals surface area contributed by atoms with Crippen LogP contribution >= 0.6 is 0 Å². The standard InChI is InChI=1S/C56H70N12O10/c1-31(2)21-45(65-51(73)41(57)23-33-13-17-37(69)18-14-33)53(75)61-29-49(71)63-47(25-35-27-59-43-11-7-5-9-39(35)43)55(77)67-68-56(78)48(26-36-28-60-44-12-8-6-10-40(36)44)64-50(72)30-62-54(76)46(22-32(3)4)66-52(74)42(58)24-34-15-19-38(70)20-16-34/h5-20,27-28,31-32,41-42,45-48,59-60,69-70H,21-26,29-30,57-58H2,1-4H3,(H,61,75)(H,62,76)(H,63,71)(H,64,72)(H,65,73)(H,66,74)(H,67,77)(H,68,78)/t41-,42-,45+,46+,47-,48-/m0/s1. The number of aromatic nitrogens is 2. The Morgan fingerprint density at radius 3 is 1.17 bits per heavy atom. The maximum Gasteiger partial charge on any atom is 0.261 e. The summed E-state index contributed by atoms with van der Waals surface area (Å²) in [6.45, 7) is 6.24. The van der Waals surface area contributed by atoms with Gasteiger partial charge < -0.3 is 63.5 Å². The number of aromatic amines is 2. The van der Waals surface area contributed by atoms with Gasteiger partial charge in [-0.1, -0.05) is 88.4 Å². The molecule has 0 saturated heterocycles. The minimum absolute atomic E-state index is 0.0535. The quantitative estimate of drug-likeness (QED) is 0.0343. The number of amides is 8.